The van der Waals surface area contributed by atoms with Gasteiger partial charge in [0, 0.05) is 61.8 Å². The lowest BCUT2D eigenvalue weighted by Gasteiger charge is -2.35. The zero-order valence-electron chi connectivity index (χ0n) is 21.9. The number of carboxylic acid groups (broad SMARTS) is 1. The first-order valence-corrected chi connectivity index (χ1v) is 14.0. The van der Waals surface area contributed by atoms with E-state index in [-0.39, 0.29) is 0 Å². The van der Waals surface area contributed by atoms with Crippen molar-refractivity contribution in [1.29, 1.82) is 0 Å². The van der Waals surface area contributed by atoms with Crippen LogP contribution in [0, 0.1) is 11.6 Å². The molecule has 1 saturated heterocycles. The molecule has 2 aliphatic rings. The van der Waals surface area contributed by atoms with Gasteiger partial charge in [0.2, 0.25) is 0 Å². The molecule has 0 unspecified atom stereocenters. The molecule has 1 aromatic carbocycles. The van der Waals surface area contributed by atoms with Crippen molar-refractivity contribution in [2.24, 2.45) is 0 Å². The molecular formula is C28H30BrF2N7O2. The number of aromatic nitrogens is 4. The molecule has 4 aromatic rings. The van der Waals surface area contributed by atoms with Gasteiger partial charge in [-0.3, -0.25) is 9.88 Å². The van der Waals surface area contributed by atoms with E-state index >= 15 is 0 Å². The number of hydrogen-bond donors (Lipinski definition) is 2. The predicted molar refractivity (Wildman–Crippen MR) is 152 cm³/mol. The Balaban J connectivity index is 0.000000348. The zero-order valence-corrected chi connectivity index (χ0v) is 23.4. The molecule has 0 bridgehead atoms. The van der Waals surface area contributed by atoms with Gasteiger partial charge < -0.3 is 20.3 Å². The van der Waals surface area contributed by atoms with E-state index in [1.165, 1.54) is 18.5 Å². The van der Waals surface area contributed by atoms with Crippen molar-refractivity contribution >= 4 is 44.4 Å². The summed E-state index contributed by atoms with van der Waals surface area (Å²) in [7, 11) is 0. The van der Waals surface area contributed by atoms with Gasteiger partial charge in [0.05, 0.1) is 5.69 Å². The first-order valence-electron chi connectivity index (χ1n) is 13.2. The lowest BCUT2D eigenvalue weighted by molar-refractivity contribution is 0.0697. The molecule has 0 radical (unpaired) electrons. The highest BCUT2D eigenvalue weighted by atomic mass is 79.9. The molecule has 12 heteroatoms. The van der Waals surface area contributed by atoms with E-state index in [4.69, 9.17) is 5.73 Å². The molecule has 0 amide bonds. The van der Waals surface area contributed by atoms with E-state index in [2.05, 4.69) is 45.2 Å². The van der Waals surface area contributed by atoms with Crippen LogP contribution in [0.4, 0.5) is 20.3 Å². The summed E-state index contributed by atoms with van der Waals surface area (Å²) < 4.78 is 29.6. The van der Waals surface area contributed by atoms with Gasteiger partial charge in [-0.2, -0.15) is 0 Å². The fourth-order valence-electron chi connectivity index (χ4n) is 5.33. The third-order valence-electron chi connectivity index (χ3n) is 7.28. The molecule has 5 heterocycles. The molecule has 3 N–H and O–H groups in total. The van der Waals surface area contributed by atoms with E-state index in [1.54, 1.807) is 24.5 Å². The minimum Gasteiger partial charge on any atom is -0.478 e. The summed E-state index contributed by atoms with van der Waals surface area (Å²) >= 11 is 3.22. The smallest absolute Gasteiger partial charge is 0.339 e. The summed E-state index contributed by atoms with van der Waals surface area (Å²) in [4.78, 5) is 29.2. The summed E-state index contributed by atoms with van der Waals surface area (Å²) in [5.41, 5.74) is 9.35. The maximum Gasteiger partial charge on any atom is 0.339 e. The maximum absolute atomic E-state index is 13.4. The average Bonchev–Trinajstić information content (AvgIpc) is 3.29. The Labute approximate surface area is 238 Å². The van der Waals surface area contributed by atoms with E-state index in [9.17, 15) is 18.7 Å². The number of nitrogen functional groups attached to an aromatic ring is 1. The zero-order chi connectivity index (χ0) is 28.2. The number of piperazine rings is 1. The van der Waals surface area contributed by atoms with Crippen molar-refractivity contribution in [1.82, 2.24) is 24.4 Å². The number of hydrogen-bond acceptors (Lipinski definition) is 7. The molecule has 1 fully saturated rings. The van der Waals surface area contributed by atoms with E-state index in [0.29, 0.717) is 23.2 Å². The van der Waals surface area contributed by atoms with Gasteiger partial charge in [0.25, 0.3) is 0 Å². The Bertz CT molecular complexity index is 1510. The van der Waals surface area contributed by atoms with Crippen LogP contribution >= 0.6 is 15.9 Å². The van der Waals surface area contributed by atoms with Gasteiger partial charge in [-0.15, -0.1) is 0 Å². The minimum atomic E-state index is -0.933. The number of fused-ring (bicyclic) bond motifs is 3. The summed E-state index contributed by atoms with van der Waals surface area (Å²) in [5.74, 6) is -1.77. The van der Waals surface area contributed by atoms with Crippen LogP contribution in [0.15, 0.2) is 47.5 Å². The monoisotopic (exact) mass is 613 g/mol. The van der Waals surface area contributed by atoms with Crippen LogP contribution in [0.3, 0.4) is 0 Å². The van der Waals surface area contributed by atoms with Crippen LogP contribution in [0.5, 0.6) is 0 Å². The molecule has 9 nitrogen and oxygen atoms in total. The van der Waals surface area contributed by atoms with Crippen LogP contribution in [0.2, 0.25) is 0 Å². The van der Waals surface area contributed by atoms with Gasteiger partial charge in [-0.05, 0) is 65.4 Å². The lowest BCUT2D eigenvalue weighted by Crippen LogP contribution is -2.47. The van der Waals surface area contributed by atoms with Gasteiger partial charge in [-0.1, -0.05) is 6.07 Å². The Kier molecular flexibility index (Phi) is 8.55. The molecule has 0 spiro atoms. The number of halogens is 3. The van der Waals surface area contributed by atoms with Crippen molar-refractivity contribution in [2.45, 2.75) is 32.2 Å². The molecule has 0 aliphatic carbocycles. The Morgan fingerprint density at radius 3 is 2.50 bits per heavy atom. The predicted octanol–water partition coefficient (Wildman–Crippen LogP) is 4.54. The van der Waals surface area contributed by atoms with Gasteiger partial charge in [-0.25, -0.2) is 23.5 Å². The van der Waals surface area contributed by atoms with E-state index in [0.717, 1.165) is 85.6 Å². The fourth-order valence-corrected chi connectivity index (χ4v) is 5.71. The fraction of sp³-hybridized carbons (Fsp3) is 0.357. The third kappa shape index (κ3) is 6.07. The number of carboxylic acids is 1. The molecule has 0 saturated carbocycles. The molecule has 2 aliphatic heterocycles. The largest absolute Gasteiger partial charge is 0.478 e. The molecule has 6 rings (SSSR count). The normalized spacial score (nSPS) is 15.4. The van der Waals surface area contributed by atoms with Gasteiger partial charge >= 0.3 is 5.97 Å². The molecule has 40 heavy (non-hydrogen) atoms. The summed E-state index contributed by atoms with van der Waals surface area (Å²) in [6, 6.07) is 5.86. The first kappa shape index (κ1) is 27.9. The third-order valence-corrected chi connectivity index (χ3v) is 7.72. The molecule has 3 aromatic heterocycles. The van der Waals surface area contributed by atoms with Gasteiger partial charge in [0.15, 0.2) is 17.5 Å². The quantitative estimate of drug-likeness (QED) is 0.337. The Hall–Kier alpha value is -3.64. The average molecular weight is 614 g/mol. The number of pyridine rings is 1. The number of aromatic carboxylic acids is 1. The number of anilines is 2. The number of aryl methyl sites for hydroxylation is 1. The number of nitrogens with zero attached hydrogens (tertiary/aromatic N) is 6. The second-order valence-corrected chi connectivity index (χ2v) is 10.8. The summed E-state index contributed by atoms with van der Waals surface area (Å²) in [5, 5.41) is 9.81. The van der Waals surface area contributed by atoms with Crippen molar-refractivity contribution in [2.75, 3.05) is 43.4 Å². The highest BCUT2D eigenvalue weighted by Crippen LogP contribution is 2.34. The number of carbonyl (C=O) groups is 1. The molecular weight excluding hydrogens is 584 g/mol. The van der Waals surface area contributed by atoms with Crippen LogP contribution in [0.1, 0.15) is 34.5 Å². The second kappa shape index (κ2) is 12.3. The first-order chi connectivity index (χ1) is 19.3. The standard InChI is InChI=1S/C23H25F2N5O2.C5H5BrN2/c24-16-5-4-15(13-17(16)25)6-8-28-9-11-29(12-10-28)22-21-20(26-14-27-22)19(23(31)32)18-3-1-2-7-30(18)21;6-4-1-5(7)3-8-2-4/h4-5,13-14H,1-3,6-12H2,(H,31,32);1-3H,7H2. The summed E-state index contributed by atoms with van der Waals surface area (Å²) in [6.07, 6.45) is 8.16. The Morgan fingerprint density at radius 2 is 1.82 bits per heavy atom. The van der Waals surface area contributed by atoms with Crippen LogP contribution in [-0.4, -0.2) is 68.2 Å². The van der Waals surface area contributed by atoms with Crippen molar-refractivity contribution < 1.29 is 18.7 Å². The van der Waals surface area contributed by atoms with E-state index in [1.807, 2.05) is 0 Å². The topological polar surface area (TPSA) is 113 Å². The van der Waals surface area contributed by atoms with Crippen LogP contribution in [0.25, 0.3) is 11.0 Å². The Morgan fingerprint density at radius 1 is 1.02 bits per heavy atom. The van der Waals surface area contributed by atoms with Gasteiger partial charge in [0.1, 0.15) is 22.9 Å². The lowest BCUT2D eigenvalue weighted by atomic mass is 10.1. The highest BCUT2D eigenvalue weighted by Gasteiger charge is 2.29. The number of nitrogens with two attached hydrogens (primary N) is 1. The maximum atomic E-state index is 13.4. The van der Waals surface area contributed by atoms with Crippen LogP contribution in [-0.2, 0) is 19.4 Å². The van der Waals surface area contributed by atoms with Crippen molar-refractivity contribution in [3.8, 4) is 0 Å². The van der Waals surface area contributed by atoms with Crippen molar-refractivity contribution in [3.05, 3.63) is 75.9 Å². The minimum absolute atomic E-state index is 0.313. The van der Waals surface area contributed by atoms with Crippen LogP contribution < -0.4 is 10.6 Å². The van der Waals surface area contributed by atoms with E-state index < -0.39 is 17.6 Å². The molecule has 210 valence electrons. The molecule has 0 atom stereocenters. The second-order valence-electron chi connectivity index (χ2n) is 9.89. The summed E-state index contributed by atoms with van der Waals surface area (Å²) in [6.45, 7) is 4.69. The highest BCUT2D eigenvalue weighted by molar-refractivity contribution is 9.10. The SMILES string of the molecule is Nc1cncc(Br)c1.O=C(O)c1c2n(c3c(N4CCN(CCc5ccc(F)c(F)c5)CC4)ncnc13)CCCC2. The number of benzene rings is 1. The van der Waals surface area contributed by atoms with Crippen molar-refractivity contribution in [3.63, 3.8) is 0 Å². The number of rotatable bonds is 5.